The molecule has 0 amide bonds. The number of rotatable bonds is 12. The van der Waals surface area contributed by atoms with E-state index >= 15 is 0 Å². The van der Waals surface area contributed by atoms with Crippen molar-refractivity contribution in [3.8, 4) is 17.6 Å². The quantitative estimate of drug-likeness (QED) is 0.150. The molecule has 0 saturated carbocycles. The van der Waals surface area contributed by atoms with Crippen molar-refractivity contribution in [2.75, 3.05) is 39.6 Å². The van der Waals surface area contributed by atoms with Crippen LogP contribution in [-0.2, 0) is 23.8 Å². The number of hydrogen-bond donors (Lipinski definition) is 0. The van der Waals surface area contributed by atoms with Gasteiger partial charge in [-0.2, -0.15) is 0 Å². The molecule has 7 nitrogen and oxygen atoms in total. The molecule has 0 N–H and O–H groups in total. The Labute approximate surface area is 189 Å². The molecular weight excluding hydrogens is 459 g/mol. The van der Waals surface area contributed by atoms with Gasteiger partial charge in [0.25, 0.3) is 0 Å². The molecule has 0 heterocycles. The third-order valence-corrected chi connectivity index (χ3v) is 4.35. The van der Waals surface area contributed by atoms with Crippen LogP contribution < -0.4 is 9.84 Å². The van der Waals surface area contributed by atoms with Crippen LogP contribution in [0.3, 0.4) is 0 Å². The number of benzene rings is 1. The monoisotopic (exact) mass is 477 g/mol. The van der Waals surface area contributed by atoms with Gasteiger partial charge < -0.3 is 28.8 Å². The van der Waals surface area contributed by atoms with Crippen LogP contribution in [0.4, 0.5) is 0 Å². The molecule has 0 atom stereocenters. The summed E-state index contributed by atoms with van der Waals surface area (Å²) >= 11 is 17.6. The second-order valence-corrected chi connectivity index (χ2v) is 6.71. The van der Waals surface area contributed by atoms with Crippen LogP contribution in [0.1, 0.15) is 13.3 Å². The van der Waals surface area contributed by atoms with Crippen molar-refractivity contribution in [2.45, 2.75) is 13.3 Å². The number of hydrogen-bond acceptors (Lipinski definition) is 7. The zero-order valence-corrected chi connectivity index (χ0v) is 18.4. The van der Waals surface area contributed by atoms with E-state index in [1.165, 1.54) is 18.2 Å². The lowest BCUT2D eigenvalue weighted by Crippen LogP contribution is -2.25. The van der Waals surface area contributed by atoms with E-state index in [4.69, 9.17) is 53.8 Å². The van der Waals surface area contributed by atoms with Crippen molar-refractivity contribution in [3.63, 3.8) is 0 Å². The van der Waals surface area contributed by atoms with E-state index in [-0.39, 0.29) is 46.0 Å². The Morgan fingerprint density at radius 2 is 1.77 bits per heavy atom. The Hall–Kier alpha value is -1.95. The highest BCUT2D eigenvalue weighted by Gasteiger charge is 2.10. The van der Waals surface area contributed by atoms with Crippen LogP contribution in [0.2, 0.25) is 15.1 Å². The average molecular weight is 479 g/mol. The maximum atomic E-state index is 11.7. The van der Waals surface area contributed by atoms with Gasteiger partial charge in [-0.05, 0) is 31.1 Å². The molecule has 0 fully saturated rings. The summed E-state index contributed by atoms with van der Waals surface area (Å²) in [4.78, 5) is 22.7. The third kappa shape index (κ3) is 10.7. The number of carbonyl (C=O) groups excluding carboxylic acids is 2. The number of carbonyl (C=O) groups is 2. The van der Waals surface area contributed by atoms with Gasteiger partial charge in [-0.3, -0.25) is 0 Å². The predicted octanol–water partition coefficient (Wildman–Crippen LogP) is 2.69. The fourth-order valence-corrected chi connectivity index (χ4v) is 2.46. The number of esters is 1. The molecule has 0 unspecified atom stereocenters. The summed E-state index contributed by atoms with van der Waals surface area (Å²) in [6.45, 7) is 2.78. The van der Waals surface area contributed by atoms with E-state index < -0.39 is 18.5 Å². The molecule has 0 saturated heterocycles. The molecule has 1 aromatic rings. The van der Waals surface area contributed by atoms with Gasteiger partial charge in [0.15, 0.2) is 13.2 Å². The first-order chi connectivity index (χ1) is 14.3. The first-order valence-corrected chi connectivity index (χ1v) is 9.95. The van der Waals surface area contributed by atoms with Crippen LogP contribution >= 0.6 is 34.8 Å². The van der Waals surface area contributed by atoms with E-state index in [0.29, 0.717) is 19.8 Å². The fraction of sp³-hybridized carbons (Fsp3) is 0.400. The SMILES string of the molecule is CCOCCOCC/C(=C\C#CCOC(=O)COc1cc(Cl)c(Cl)cc1Cl)C(=O)[O-]. The Morgan fingerprint density at radius 1 is 1.07 bits per heavy atom. The molecule has 10 heteroatoms. The van der Waals surface area contributed by atoms with E-state index in [2.05, 4.69) is 11.8 Å². The minimum Gasteiger partial charge on any atom is -0.545 e. The Kier molecular flexibility index (Phi) is 13.0. The van der Waals surface area contributed by atoms with E-state index in [0.717, 1.165) is 0 Å². The Morgan fingerprint density at radius 3 is 2.47 bits per heavy atom. The number of halogens is 3. The van der Waals surface area contributed by atoms with Gasteiger partial charge in [0.1, 0.15) is 5.75 Å². The lowest BCUT2D eigenvalue weighted by Gasteiger charge is -2.08. The van der Waals surface area contributed by atoms with Crippen molar-refractivity contribution in [1.82, 2.24) is 0 Å². The van der Waals surface area contributed by atoms with Crippen molar-refractivity contribution >= 4 is 46.7 Å². The fourth-order valence-electron chi connectivity index (χ4n) is 1.87. The molecule has 0 radical (unpaired) electrons. The standard InChI is InChI=1S/C20H21Cl3O7/c1-2-27-9-10-28-8-6-14(20(25)26)5-3-4-7-29-19(24)13-30-18-12-16(22)15(21)11-17(18)23/h5,11-12H,2,6-10,13H2,1H3,(H,25,26)/p-1/b14-5+. The van der Waals surface area contributed by atoms with Gasteiger partial charge in [0, 0.05) is 12.7 Å². The van der Waals surface area contributed by atoms with Gasteiger partial charge in [-0.25, -0.2) is 4.79 Å². The second kappa shape index (κ2) is 14.9. The molecule has 0 aromatic heterocycles. The first-order valence-electron chi connectivity index (χ1n) is 8.82. The second-order valence-electron chi connectivity index (χ2n) is 5.48. The first kappa shape index (κ1) is 26.1. The number of carboxylic acid groups (broad SMARTS) is 1. The Bertz CT molecular complexity index is 813. The summed E-state index contributed by atoms with van der Waals surface area (Å²) in [5.41, 5.74) is -0.0252. The van der Waals surface area contributed by atoms with Crippen LogP contribution in [0, 0.1) is 11.8 Å². The highest BCUT2D eigenvalue weighted by atomic mass is 35.5. The average Bonchev–Trinajstić information content (AvgIpc) is 2.70. The topological polar surface area (TPSA) is 94.1 Å². The van der Waals surface area contributed by atoms with Crippen LogP contribution in [0.25, 0.3) is 0 Å². The van der Waals surface area contributed by atoms with E-state index in [1.807, 2.05) is 6.92 Å². The molecule has 0 aliphatic heterocycles. The largest absolute Gasteiger partial charge is 0.545 e. The van der Waals surface area contributed by atoms with Crippen molar-refractivity contribution in [1.29, 1.82) is 0 Å². The van der Waals surface area contributed by atoms with Gasteiger partial charge >= 0.3 is 5.97 Å². The smallest absolute Gasteiger partial charge is 0.345 e. The van der Waals surface area contributed by atoms with Crippen LogP contribution in [-0.4, -0.2) is 51.6 Å². The van der Waals surface area contributed by atoms with Gasteiger partial charge in [0.2, 0.25) is 0 Å². The maximum absolute atomic E-state index is 11.7. The highest BCUT2D eigenvalue weighted by molar-refractivity contribution is 6.43. The molecule has 1 rings (SSSR count). The predicted molar refractivity (Wildman–Crippen MR) is 111 cm³/mol. The summed E-state index contributed by atoms with van der Waals surface area (Å²) in [6, 6.07) is 2.77. The van der Waals surface area contributed by atoms with Gasteiger partial charge in [-0.1, -0.05) is 46.6 Å². The molecular formula is C20H20Cl3O7-. The van der Waals surface area contributed by atoms with Crippen molar-refractivity contribution < 1.29 is 33.6 Å². The van der Waals surface area contributed by atoms with Crippen LogP contribution in [0.5, 0.6) is 5.75 Å². The van der Waals surface area contributed by atoms with Crippen molar-refractivity contribution in [3.05, 3.63) is 38.8 Å². The molecule has 0 spiro atoms. The minimum absolute atomic E-state index is 0.0252. The lowest BCUT2D eigenvalue weighted by molar-refractivity contribution is -0.299. The van der Waals surface area contributed by atoms with Crippen molar-refractivity contribution in [2.24, 2.45) is 0 Å². The molecule has 1 aromatic carbocycles. The summed E-state index contributed by atoms with van der Waals surface area (Å²) in [5, 5.41) is 11.8. The number of ether oxygens (including phenoxy) is 4. The van der Waals surface area contributed by atoms with Gasteiger partial charge in [0.05, 0.1) is 40.9 Å². The van der Waals surface area contributed by atoms with E-state index in [9.17, 15) is 14.7 Å². The zero-order chi connectivity index (χ0) is 22.4. The summed E-state index contributed by atoms with van der Waals surface area (Å²) in [5.74, 6) is 3.14. The summed E-state index contributed by atoms with van der Waals surface area (Å²) < 4.78 is 20.4. The number of aliphatic carboxylic acids is 1. The zero-order valence-electron chi connectivity index (χ0n) is 16.2. The normalized spacial score (nSPS) is 10.9. The molecule has 0 aliphatic carbocycles. The van der Waals surface area contributed by atoms with E-state index in [1.54, 1.807) is 0 Å². The Balaban J connectivity index is 2.38. The summed E-state index contributed by atoms with van der Waals surface area (Å²) in [6.07, 6.45) is 1.31. The van der Waals surface area contributed by atoms with Gasteiger partial charge in [-0.15, -0.1) is 0 Å². The number of allylic oxidation sites excluding steroid dienone is 1. The minimum atomic E-state index is -1.35. The highest BCUT2D eigenvalue weighted by Crippen LogP contribution is 2.33. The van der Waals surface area contributed by atoms with Crippen LogP contribution in [0.15, 0.2) is 23.8 Å². The molecule has 0 aliphatic rings. The molecule has 30 heavy (non-hydrogen) atoms. The molecule has 0 bridgehead atoms. The maximum Gasteiger partial charge on any atom is 0.345 e. The lowest BCUT2D eigenvalue weighted by atomic mass is 10.2. The number of carboxylic acids is 1. The summed E-state index contributed by atoms with van der Waals surface area (Å²) in [7, 11) is 0. The molecule has 164 valence electrons. The third-order valence-electron chi connectivity index (χ3n) is 3.33.